The van der Waals surface area contributed by atoms with Crippen molar-refractivity contribution < 1.29 is 9.21 Å². The number of furan rings is 1. The van der Waals surface area contributed by atoms with Gasteiger partial charge in [-0.2, -0.15) is 0 Å². The van der Waals surface area contributed by atoms with Crippen molar-refractivity contribution in [2.24, 2.45) is 0 Å². The smallest absolute Gasteiger partial charge is 0.224 e. The normalized spacial score (nSPS) is 10.2. The van der Waals surface area contributed by atoms with Crippen LogP contribution in [0.2, 0.25) is 5.02 Å². The minimum Gasteiger partial charge on any atom is -0.464 e. The zero-order chi connectivity index (χ0) is 12.3. The van der Waals surface area contributed by atoms with Crippen LogP contribution in [0, 0.1) is 0 Å². The molecule has 0 radical (unpaired) electrons. The molecule has 0 saturated heterocycles. The first-order valence-electron chi connectivity index (χ1n) is 5.34. The van der Waals surface area contributed by atoms with E-state index in [9.17, 15) is 4.79 Å². The zero-order valence-corrected chi connectivity index (χ0v) is 10.1. The van der Waals surface area contributed by atoms with E-state index < -0.39 is 0 Å². The molecule has 1 aromatic carbocycles. The Morgan fingerprint density at radius 2 is 2.24 bits per heavy atom. The van der Waals surface area contributed by atoms with Crippen molar-refractivity contribution in [3.63, 3.8) is 0 Å². The summed E-state index contributed by atoms with van der Waals surface area (Å²) in [6, 6.07) is 9.07. The first-order chi connectivity index (χ1) is 8.20. The Bertz CT molecular complexity index is 520. The average molecular weight is 250 g/mol. The van der Waals surface area contributed by atoms with Crippen molar-refractivity contribution >= 4 is 23.2 Å². The Morgan fingerprint density at radius 3 is 2.82 bits per heavy atom. The molecule has 3 nitrogen and oxygen atoms in total. The number of nitrogens with one attached hydrogen (secondary N) is 1. The molecule has 1 N–H and O–H groups in total. The zero-order valence-electron chi connectivity index (χ0n) is 9.37. The highest BCUT2D eigenvalue weighted by Gasteiger charge is 2.07. The predicted molar refractivity (Wildman–Crippen MR) is 68.1 cm³/mol. The van der Waals surface area contributed by atoms with Crippen LogP contribution in [0.4, 0.5) is 5.69 Å². The fourth-order valence-corrected chi connectivity index (χ4v) is 1.68. The molecule has 2 rings (SSSR count). The molecule has 0 spiro atoms. The summed E-state index contributed by atoms with van der Waals surface area (Å²) in [6.07, 6.45) is 2.03. The second-order valence-corrected chi connectivity index (χ2v) is 3.98. The number of carbonyl (C=O) groups is 1. The van der Waals surface area contributed by atoms with Crippen molar-refractivity contribution in [3.8, 4) is 11.3 Å². The molecule has 0 unspecified atom stereocenters. The van der Waals surface area contributed by atoms with Gasteiger partial charge >= 0.3 is 0 Å². The van der Waals surface area contributed by atoms with Gasteiger partial charge in [-0.3, -0.25) is 4.79 Å². The van der Waals surface area contributed by atoms with Gasteiger partial charge in [-0.15, -0.1) is 0 Å². The highest BCUT2D eigenvalue weighted by molar-refractivity contribution is 6.34. The SMILES string of the molecule is CCC(=O)Nc1ccc(-c2ccco2)cc1Cl. The Kier molecular flexibility index (Phi) is 3.49. The largest absolute Gasteiger partial charge is 0.464 e. The molecular weight excluding hydrogens is 238 g/mol. The van der Waals surface area contributed by atoms with Crippen molar-refractivity contribution in [1.82, 2.24) is 0 Å². The van der Waals surface area contributed by atoms with Gasteiger partial charge in [-0.05, 0) is 30.3 Å². The quantitative estimate of drug-likeness (QED) is 0.895. The van der Waals surface area contributed by atoms with E-state index in [4.69, 9.17) is 16.0 Å². The summed E-state index contributed by atoms with van der Waals surface area (Å²) in [6.45, 7) is 1.79. The average Bonchev–Trinajstić information content (AvgIpc) is 2.85. The van der Waals surface area contributed by atoms with Crippen molar-refractivity contribution in [3.05, 3.63) is 41.6 Å². The van der Waals surface area contributed by atoms with Crippen LogP contribution < -0.4 is 5.32 Å². The summed E-state index contributed by atoms with van der Waals surface area (Å²) in [5.41, 5.74) is 1.50. The molecule has 1 heterocycles. The maximum Gasteiger partial charge on any atom is 0.224 e. The second kappa shape index (κ2) is 5.06. The molecule has 1 amide bonds. The van der Waals surface area contributed by atoms with Crippen LogP contribution in [0.5, 0.6) is 0 Å². The number of amides is 1. The van der Waals surface area contributed by atoms with Crippen LogP contribution in [-0.2, 0) is 4.79 Å². The number of hydrogen-bond donors (Lipinski definition) is 1. The summed E-state index contributed by atoms with van der Waals surface area (Å²) in [7, 11) is 0. The Morgan fingerprint density at radius 1 is 1.41 bits per heavy atom. The lowest BCUT2D eigenvalue weighted by molar-refractivity contribution is -0.115. The van der Waals surface area contributed by atoms with Crippen LogP contribution in [0.25, 0.3) is 11.3 Å². The summed E-state index contributed by atoms with van der Waals surface area (Å²) in [5.74, 6) is 0.693. The van der Waals surface area contributed by atoms with E-state index in [0.29, 0.717) is 17.1 Å². The summed E-state index contributed by atoms with van der Waals surface area (Å²) < 4.78 is 5.27. The molecule has 0 atom stereocenters. The van der Waals surface area contributed by atoms with Crippen molar-refractivity contribution in [2.45, 2.75) is 13.3 Å². The number of benzene rings is 1. The van der Waals surface area contributed by atoms with E-state index in [-0.39, 0.29) is 5.91 Å². The van der Waals surface area contributed by atoms with Crippen LogP contribution in [0.15, 0.2) is 41.0 Å². The Balaban J connectivity index is 2.26. The molecule has 88 valence electrons. The third kappa shape index (κ3) is 2.68. The van der Waals surface area contributed by atoms with E-state index in [2.05, 4.69) is 5.32 Å². The summed E-state index contributed by atoms with van der Waals surface area (Å²) in [4.78, 5) is 11.3. The molecule has 0 aliphatic rings. The topological polar surface area (TPSA) is 42.2 Å². The fraction of sp³-hybridized carbons (Fsp3) is 0.154. The van der Waals surface area contributed by atoms with E-state index in [1.54, 1.807) is 25.3 Å². The highest BCUT2D eigenvalue weighted by atomic mass is 35.5. The second-order valence-electron chi connectivity index (χ2n) is 3.57. The number of rotatable bonds is 3. The number of anilines is 1. The first-order valence-corrected chi connectivity index (χ1v) is 5.71. The molecule has 0 bridgehead atoms. The lowest BCUT2D eigenvalue weighted by atomic mass is 10.1. The number of halogens is 1. The monoisotopic (exact) mass is 249 g/mol. The maximum absolute atomic E-state index is 11.3. The predicted octanol–water partition coefficient (Wildman–Crippen LogP) is 3.95. The fourth-order valence-electron chi connectivity index (χ4n) is 1.45. The standard InChI is InChI=1S/C13H12ClNO2/c1-2-13(16)15-11-6-5-9(8-10(11)14)12-4-3-7-17-12/h3-8H,2H2,1H3,(H,15,16). The van der Waals surface area contributed by atoms with Gasteiger partial charge in [0.25, 0.3) is 0 Å². The van der Waals surface area contributed by atoms with Crippen molar-refractivity contribution in [2.75, 3.05) is 5.32 Å². The van der Waals surface area contributed by atoms with Gasteiger partial charge in [0.1, 0.15) is 5.76 Å². The van der Waals surface area contributed by atoms with Crippen LogP contribution >= 0.6 is 11.6 Å². The summed E-state index contributed by atoms with van der Waals surface area (Å²) >= 11 is 6.09. The van der Waals surface area contributed by atoms with Crippen molar-refractivity contribution in [1.29, 1.82) is 0 Å². The van der Waals surface area contributed by atoms with Gasteiger partial charge in [0.05, 0.1) is 17.0 Å². The van der Waals surface area contributed by atoms with Gasteiger partial charge < -0.3 is 9.73 Å². The van der Waals surface area contributed by atoms with E-state index >= 15 is 0 Å². The van der Waals surface area contributed by atoms with E-state index in [1.807, 2.05) is 18.2 Å². The molecule has 0 fully saturated rings. The van der Waals surface area contributed by atoms with Gasteiger partial charge in [0.2, 0.25) is 5.91 Å². The van der Waals surface area contributed by atoms with E-state index in [0.717, 1.165) is 11.3 Å². The Hall–Kier alpha value is -1.74. The lowest BCUT2D eigenvalue weighted by Gasteiger charge is -2.07. The van der Waals surface area contributed by atoms with E-state index in [1.165, 1.54) is 0 Å². The molecule has 17 heavy (non-hydrogen) atoms. The van der Waals surface area contributed by atoms with Crippen LogP contribution in [0.3, 0.4) is 0 Å². The Labute approximate surface area is 104 Å². The lowest BCUT2D eigenvalue weighted by Crippen LogP contribution is -2.09. The van der Waals surface area contributed by atoms with Crippen LogP contribution in [0.1, 0.15) is 13.3 Å². The molecule has 1 aromatic heterocycles. The minimum atomic E-state index is -0.0577. The van der Waals surface area contributed by atoms with Gasteiger partial charge in [-0.1, -0.05) is 18.5 Å². The molecule has 0 saturated carbocycles. The molecular formula is C13H12ClNO2. The highest BCUT2D eigenvalue weighted by Crippen LogP contribution is 2.29. The number of hydrogen-bond acceptors (Lipinski definition) is 2. The van der Waals surface area contributed by atoms with Gasteiger partial charge in [-0.25, -0.2) is 0 Å². The molecule has 2 aromatic rings. The molecule has 0 aliphatic heterocycles. The number of carbonyl (C=O) groups excluding carboxylic acids is 1. The minimum absolute atomic E-state index is 0.0577. The van der Waals surface area contributed by atoms with Gasteiger partial charge in [0.15, 0.2) is 0 Å². The van der Waals surface area contributed by atoms with Crippen LogP contribution in [-0.4, -0.2) is 5.91 Å². The molecule has 4 heteroatoms. The maximum atomic E-state index is 11.3. The first kappa shape index (κ1) is 11.7. The summed E-state index contributed by atoms with van der Waals surface area (Å²) in [5, 5.41) is 3.23. The molecule has 0 aliphatic carbocycles. The third-order valence-corrected chi connectivity index (χ3v) is 2.68. The van der Waals surface area contributed by atoms with Gasteiger partial charge in [0, 0.05) is 12.0 Å². The third-order valence-electron chi connectivity index (χ3n) is 2.37.